The van der Waals surface area contributed by atoms with Gasteiger partial charge in [0, 0.05) is 22.8 Å². The minimum Gasteiger partial charge on any atom is -0.480 e. The fraction of sp³-hybridized carbons (Fsp3) is 0.105. The van der Waals surface area contributed by atoms with Crippen LogP contribution in [0, 0.1) is 5.82 Å². The van der Waals surface area contributed by atoms with Gasteiger partial charge < -0.3 is 9.67 Å². The smallest absolute Gasteiger partial charge is 0.325 e. The lowest BCUT2D eigenvalue weighted by molar-refractivity contribution is -0.138. The molecule has 0 saturated carbocycles. The molecule has 1 N–H and O–H groups in total. The molecule has 2 aromatic heterocycles. The van der Waals surface area contributed by atoms with E-state index in [1.54, 1.807) is 12.1 Å². The summed E-state index contributed by atoms with van der Waals surface area (Å²) in [6.45, 7) is -0.149. The van der Waals surface area contributed by atoms with Crippen LogP contribution in [0.5, 0.6) is 0 Å². The molecule has 0 fully saturated rings. The molecule has 0 amide bonds. The van der Waals surface area contributed by atoms with Crippen LogP contribution >= 0.6 is 0 Å². The van der Waals surface area contributed by atoms with Crippen molar-refractivity contribution in [2.24, 2.45) is 0 Å². The number of halogens is 1. The summed E-state index contributed by atoms with van der Waals surface area (Å²) >= 11 is 0. The van der Waals surface area contributed by atoms with Crippen molar-refractivity contribution >= 4 is 27.8 Å². The van der Waals surface area contributed by atoms with Gasteiger partial charge >= 0.3 is 5.97 Å². The van der Waals surface area contributed by atoms with Crippen LogP contribution < -0.4 is 5.56 Å². The van der Waals surface area contributed by atoms with Crippen LogP contribution in [0.15, 0.2) is 59.5 Å². The highest BCUT2D eigenvalue weighted by Gasteiger charge is 2.17. The topological polar surface area (TPSA) is 77.1 Å². The predicted molar refractivity (Wildman–Crippen MR) is 94.6 cm³/mol. The molecule has 6 nitrogen and oxygen atoms in total. The molecule has 0 aliphatic carbocycles. The Morgan fingerprint density at radius 2 is 1.81 bits per heavy atom. The maximum Gasteiger partial charge on any atom is 0.325 e. The number of carboxylic acid groups (broad SMARTS) is 1. The average Bonchev–Trinajstić information content (AvgIpc) is 2.94. The maximum absolute atomic E-state index is 13.2. The first-order chi connectivity index (χ1) is 12.5. The number of carbonyl (C=O) groups is 1. The predicted octanol–water partition coefficient (Wildman–Crippen LogP) is 2.62. The van der Waals surface area contributed by atoms with Gasteiger partial charge in [0.1, 0.15) is 17.9 Å². The highest BCUT2D eigenvalue weighted by Crippen LogP contribution is 2.27. The van der Waals surface area contributed by atoms with Gasteiger partial charge in [-0.25, -0.2) is 9.07 Å². The number of nitrogens with zero attached hydrogens (tertiary/aromatic N) is 3. The standard InChI is InChI=1S/C19H14FN3O3/c20-13-7-5-12(6-8-13)10-22-16-4-2-1-3-14(16)15-9-21-23(11-17(24)25)19(26)18(15)22/h1-9H,10-11H2,(H,24,25). The second-order valence-corrected chi connectivity index (χ2v) is 5.99. The summed E-state index contributed by atoms with van der Waals surface area (Å²) in [4.78, 5) is 23.9. The highest BCUT2D eigenvalue weighted by molar-refractivity contribution is 6.07. The van der Waals surface area contributed by atoms with Gasteiger partial charge in [0.15, 0.2) is 0 Å². The lowest BCUT2D eigenvalue weighted by Gasteiger charge is -2.08. The highest BCUT2D eigenvalue weighted by atomic mass is 19.1. The lowest BCUT2D eigenvalue weighted by Crippen LogP contribution is -2.27. The summed E-state index contributed by atoms with van der Waals surface area (Å²) in [6, 6.07) is 13.6. The van der Waals surface area contributed by atoms with E-state index in [0.717, 1.165) is 21.1 Å². The Hall–Kier alpha value is -3.48. The number of hydrogen-bond donors (Lipinski definition) is 1. The summed E-state index contributed by atoms with van der Waals surface area (Å²) in [5, 5.41) is 14.5. The molecule has 7 heteroatoms. The second kappa shape index (κ2) is 6.11. The molecule has 0 aliphatic heterocycles. The Morgan fingerprint density at radius 1 is 1.08 bits per heavy atom. The molecule has 26 heavy (non-hydrogen) atoms. The van der Waals surface area contributed by atoms with Gasteiger partial charge in [-0.15, -0.1) is 0 Å². The summed E-state index contributed by atoms with van der Waals surface area (Å²) in [5.74, 6) is -1.47. The van der Waals surface area contributed by atoms with E-state index < -0.39 is 18.1 Å². The summed E-state index contributed by atoms with van der Waals surface area (Å²) in [6.07, 6.45) is 1.52. The SMILES string of the molecule is O=C(O)Cn1ncc2c3ccccc3n(Cc3ccc(F)cc3)c2c1=O. The normalized spacial score (nSPS) is 11.3. The van der Waals surface area contributed by atoms with Crippen LogP contribution in [-0.4, -0.2) is 25.4 Å². The van der Waals surface area contributed by atoms with E-state index in [-0.39, 0.29) is 5.82 Å². The van der Waals surface area contributed by atoms with E-state index in [0.29, 0.717) is 17.4 Å². The Bertz CT molecular complexity index is 1190. The Kier molecular flexibility index (Phi) is 3.76. The first-order valence-electron chi connectivity index (χ1n) is 7.98. The average molecular weight is 351 g/mol. The molecule has 0 aliphatic rings. The van der Waals surface area contributed by atoms with Crippen molar-refractivity contribution in [3.63, 3.8) is 0 Å². The minimum absolute atomic E-state index is 0.330. The summed E-state index contributed by atoms with van der Waals surface area (Å²) < 4.78 is 15.9. The van der Waals surface area contributed by atoms with Crippen molar-refractivity contribution in [2.45, 2.75) is 13.1 Å². The van der Waals surface area contributed by atoms with Crippen molar-refractivity contribution in [1.82, 2.24) is 14.3 Å². The van der Waals surface area contributed by atoms with Gasteiger partial charge in [0.2, 0.25) is 0 Å². The van der Waals surface area contributed by atoms with E-state index in [1.807, 2.05) is 28.8 Å². The maximum atomic E-state index is 13.2. The third kappa shape index (κ3) is 2.63. The zero-order valence-electron chi connectivity index (χ0n) is 13.6. The van der Waals surface area contributed by atoms with Crippen LogP contribution in [0.2, 0.25) is 0 Å². The second-order valence-electron chi connectivity index (χ2n) is 5.99. The Labute approximate surface area is 146 Å². The number of rotatable bonds is 4. The van der Waals surface area contributed by atoms with Gasteiger partial charge in [-0.3, -0.25) is 9.59 Å². The molecule has 0 atom stereocenters. The fourth-order valence-electron chi connectivity index (χ4n) is 3.17. The number of aliphatic carboxylic acids is 1. The first kappa shape index (κ1) is 16.0. The molecule has 130 valence electrons. The van der Waals surface area contributed by atoms with E-state index in [2.05, 4.69) is 5.10 Å². The molecule has 4 aromatic rings. The molecule has 0 radical (unpaired) electrons. The molecule has 0 unspecified atom stereocenters. The monoisotopic (exact) mass is 351 g/mol. The third-order valence-corrected chi connectivity index (χ3v) is 4.31. The van der Waals surface area contributed by atoms with Gasteiger partial charge in [-0.05, 0) is 23.8 Å². The van der Waals surface area contributed by atoms with Crippen LogP contribution in [-0.2, 0) is 17.9 Å². The molecular formula is C19H14FN3O3. The Balaban J connectivity index is 1.99. The fourth-order valence-corrected chi connectivity index (χ4v) is 3.17. The van der Waals surface area contributed by atoms with E-state index in [4.69, 9.17) is 5.11 Å². The minimum atomic E-state index is -1.14. The van der Waals surface area contributed by atoms with E-state index in [1.165, 1.54) is 18.3 Å². The largest absolute Gasteiger partial charge is 0.480 e. The molecule has 0 spiro atoms. The number of carboxylic acids is 1. The van der Waals surface area contributed by atoms with Gasteiger partial charge in [-0.1, -0.05) is 30.3 Å². The van der Waals surface area contributed by atoms with Gasteiger partial charge in [0.25, 0.3) is 5.56 Å². The number of hydrogen-bond acceptors (Lipinski definition) is 3. The van der Waals surface area contributed by atoms with E-state index >= 15 is 0 Å². The quantitative estimate of drug-likeness (QED) is 0.613. The van der Waals surface area contributed by atoms with Crippen molar-refractivity contribution in [1.29, 1.82) is 0 Å². The van der Waals surface area contributed by atoms with Crippen molar-refractivity contribution in [3.8, 4) is 0 Å². The molecule has 2 heterocycles. The zero-order valence-corrected chi connectivity index (χ0v) is 13.6. The van der Waals surface area contributed by atoms with Crippen LogP contribution in [0.3, 0.4) is 0 Å². The van der Waals surface area contributed by atoms with Gasteiger partial charge in [0.05, 0.1) is 6.20 Å². The number of fused-ring (bicyclic) bond motifs is 3. The Morgan fingerprint density at radius 3 is 2.54 bits per heavy atom. The van der Waals surface area contributed by atoms with Crippen LogP contribution in [0.4, 0.5) is 4.39 Å². The molecule has 0 bridgehead atoms. The number of benzene rings is 2. The van der Waals surface area contributed by atoms with Crippen LogP contribution in [0.1, 0.15) is 5.56 Å². The number of para-hydroxylation sites is 1. The van der Waals surface area contributed by atoms with E-state index in [9.17, 15) is 14.0 Å². The first-order valence-corrected chi connectivity index (χ1v) is 7.98. The molecule has 2 aromatic carbocycles. The van der Waals surface area contributed by atoms with Crippen LogP contribution in [0.25, 0.3) is 21.8 Å². The van der Waals surface area contributed by atoms with Crippen molar-refractivity contribution in [3.05, 3.63) is 76.5 Å². The third-order valence-electron chi connectivity index (χ3n) is 4.31. The van der Waals surface area contributed by atoms with Gasteiger partial charge in [-0.2, -0.15) is 5.10 Å². The lowest BCUT2D eigenvalue weighted by atomic mass is 10.2. The molecular weight excluding hydrogens is 337 g/mol. The molecule has 4 rings (SSSR count). The summed E-state index contributed by atoms with van der Waals surface area (Å²) in [5.41, 5.74) is 1.57. The van der Waals surface area contributed by atoms with Crippen molar-refractivity contribution < 1.29 is 14.3 Å². The molecule has 0 saturated heterocycles. The zero-order chi connectivity index (χ0) is 18.3. The van der Waals surface area contributed by atoms with Crippen molar-refractivity contribution in [2.75, 3.05) is 0 Å². The number of aromatic nitrogens is 3. The summed E-state index contributed by atoms with van der Waals surface area (Å²) in [7, 11) is 0.